The fourth-order valence-electron chi connectivity index (χ4n) is 0.970. The Balaban J connectivity index is 2.61. The first-order valence-electron chi connectivity index (χ1n) is 2.99. The van der Waals surface area contributed by atoms with E-state index in [0.29, 0.717) is 13.0 Å². The Hall–Kier alpha value is -1.08. The van der Waals surface area contributed by atoms with Crippen LogP contribution in [0.25, 0.3) is 0 Å². The van der Waals surface area contributed by atoms with Crippen LogP contribution in [0.4, 0.5) is 0 Å². The van der Waals surface area contributed by atoms with Crippen molar-refractivity contribution in [3.8, 4) is 6.07 Å². The zero-order valence-corrected chi connectivity index (χ0v) is 5.28. The van der Waals surface area contributed by atoms with Gasteiger partial charge in [-0.15, -0.1) is 0 Å². The van der Waals surface area contributed by atoms with Gasteiger partial charge in [-0.3, -0.25) is 4.79 Å². The van der Waals surface area contributed by atoms with Gasteiger partial charge in [-0.05, 0) is 6.42 Å². The van der Waals surface area contributed by atoms with Crippen LogP contribution in [0.1, 0.15) is 6.42 Å². The Kier molecular flexibility index (Phi) is 1.88. The predicted octanol–water partition coefficient (Wildman–Crippen LogP) is -0.000320. The van der Waals surface area contributed by atoms with Crippen molar-refractivity contribution >= 4 is 5.97 Å². The van der Waals surface area contributed by atoms with Gasteiger partial charge in [0.05, 0.1) is 12.0 Å². The number of nitriles is 1. The van der Waals surface area contributed by atoms with Crippen molar-refractivity contribution in [3.63, 3.8) is 0 Å². The van der Waals surface area contributed by atoms with E-state index in [1.807, 2.05) is 0 Å². The zero-order chi connectivity index (χ0) is 7.56. The topological polar surface area (TPSA) is 70.3 Å². The average molecular weight is 141 g/mol. The molecule has 1 rings (SSSR count). The molecule has 0 radical (unpaired) electrons. The summed E-state index contributed by atoms with van der Waals surface area (Å²) >= 11 is 0. The number of nitrogens with zero attached hydrogens (tertiary/aromatic N) is 1. The summed E-state index contributed by atoms with van der Waals surface area (Å²) in [4.78, 5) is 10.3. The van der Waals surface area contributed by atoms with Crippen molar-refractivity contribution < 1.29 is 14.6 Å². The molecule has 0 unspecified atom stereocenters. The van der Waals surface area contributed by atoms with Crippen LogP contribution in [-0.2, 0) is 9.53 Å². The van der Waals surface area contributed by atoms with E-state index < -0.39 is 18.0 Å². The number of hydrogen-bond acceptors (Lipinski definition) is 3. The molecule has 4 nitrogen and oxygen atoms in total. The standard InChI is InChI=1S/C6H7NO3/c7-3-5-4(6(8)9)1-2-10-5/h4-5H,1-2H2,(H,8,9)/t4-,5-/m0/s1. The molecule has 10 heavy (non-hydrogen) atoms. The van der Waals surface area contributed by atoms with Crippen molar-refractivity contribution in [2.24, 2.45) is 5.92 Å². The molecule has 0 aromatic carbocycles. The Morgan fingerprint density at radius 2 is 2.50 bits per heavy atom. The van der Waals surface area contributed by atoms with E-state index in [1.54, 1.807) is 6.07 Å². The number of carbonyl (C=O) groups is 1. The van der Waals surface area contributed by atoms with Crippen molar-refractivity contribution in [1.29, 1.82) is 5.26 Å². The molecule has 1 saturated heterocycles. The van der Waals surface area contributed by atoms with E-state index in [0.717, 1.165) is 0 Å². The third-order valence-corrected chi connectivity index (χ3v) is 1.54. The monoisotopic (exact) mass is 141 g/mol. The SMILES string of the molecule is N#C[C@@H]1OCC[C@@H]1C(=O)O. The molecule has 0 amide bonds. The molecule has 0 bridgehead atoms. The van der Waals surface area contributed by atoms with Gasteiger partial charge in [0.25, 0.3) is 0 Å². The van der Waals surface area contributed by atoms with E-state index >= 15 is 0 Å². The number of carboxylic acid groups (broad SMARTS) is 1. The Morgan fingerprint density at radius 3 is 2.90 bits per heavy atom. The van der Waals surface area contributed by atoms with E-state index in [9.17, 15) is 4.79 Å². The minimum Gasteiger partial charge on any atom is -0.481 e. The first kappa shape index (κ1) is 7.03. The molecule has 0 saturated carbocycles. The third kappa shape index (κ3) is 1.09. The molecular weight excluding hydrogens is 134 g/mol. The number of aliphatic carboxylic acids is 1. The number of carboxylic acids is 1. The summed E-state index contributed by atoms with van der Waals surface area (Å²) in [7, 11) is 0. The summed E-state index contributed by atoms with van der Waals surface area (Å²) in [6.07, 6.45) is -0.286. The van der Waals surface area contributed by atoms with Crippen LogP contribution in [0.15, 0.2) is 0 Å². The quantitative estimate of drug-likeness (QED) is 0.558. The summed E-state index contributed by atoms with van der Waals surface area (Å²) in [5, 5.41) is 16.8. The Bertz CT molecular complexity index is 184. The fourth-order valence-corrected chi connectivity index (χ4v) is 0.970. The maximum atomic E-state index is 10.3. The second-order valence-corrected chi connectivity index (χ2v) is 2.15. The van der Waals surface area contributed by atoms with Crippen molar-refractivity contribution in [1.82, 2.24) is 0 Å². The number of hydrogen-bond donors (Lipinski definition) is 1. The lowest BCUT2D eigenvalue weighted by molar-refractivity contribution is -0.142. The van der Waals surface area contributed by atoms with Crippen molar-refractivity contribution in [2.45, 2.75) is 12.5 Å². The fraction of sp³-hybridized carbons (Fsp3) is 0.667. The predicted molar refractivity (Wildman–Crippen MR) is 31.1 cm³/mol. The van der Waals surface area contributed by atoms with Gasteiger partial charge in [0, 0.05) is 6.61 Å². The molecule has 0 aliphatic carbocycles. The zero-order valence-electron chi connectivity index (χ0n) is 5.28. The van der Waals surface area contributed by atoms with Gasteiger partial charge < -0.3 is 9.84 Å². The highest BCUT2D eigenvalue weighted by atomic mass is 16.5. The molecule has 2 atom stereocenters. The Labute approximate surface area is 58.0 Å². The molecule has 1 aliphatic rings. The normalized spacial score (nSPS) is 31.5. The number of rotatable bonds is 1. The van der Waals surface area contributed by atoms with Crippen LogP contribution < -0.4 is 0 Å². The molecule has 0 spiro atoms. The van der Waals surface area contributed by atoms with Crippen LogP contribution in [0, 0.1) is 17.2 Å². The van der Waals surface area contributed by atoms with Gasteiger partial charge in [0.15, 0.2) is 6.10 Å². The van der Waals surface area contributed by atoms with Crippen LogP contribution in [0.2, 0.25) is 0 Å². The summed E-state index contributed by atoms with van der Waals surface area (Å²) in [5.41, 5.74) is 0. The van der Waals surface area contributed by atoms with Gasteiger partial charge >= 0.3 is 5.97 Å². The molecule has 4 heteroatoms. The Morgan fingerprint density at radius 1 is 1.80 bits per heavy atom. The van der Waals surface area contributed by atoms with Crippen LogP contribution in [0.5, 0.6) is 0 Å². The van der Waals surface area contributed by atoms with Crippen LogP contribution in [-0.4, -0.2) is 23.8 Å². The van der Waals surface area contributed by atoms with Gasteiger partial charge in [-0.2, -0.15) is 5.26 Å². The lowest BCUT2D eigenvalue weighted by Gasteiger charge is -2.03. The van der Waals surface area contributed by atoms with Gasteiger partial charge in [0.1, 0.15) is 0 Å². The van der Waals surface area contributed by atoms with Gasteiger partial charge in [0.2, 0.25) is 0 Å². The van der Waals surface area contributed by atoms with E-state index in [2.05, 4.69) is 0 Å². The summed E-state index contributed by atoms with van der Waals surface area (Å²) < 4.78 is 4.83. The maximum Gasteiger partial charge on any atom is 0.310 e. The second kappa shape index (κ2) is 2.67. The summed E-state index contributed by atoms with van der Waals surface area (Å²) in [6, 6.07) is 1.79. The van der Waals surface area contributed by atoms with Crippen LogP contribution >= 0.6 is 0 Å². The molecular formula is C6H7NO3. The smallest absolute Gasteiger partial charge is 0.310 e. The third-order valence-electron chi connectivity index (χ3n) is 1.54. The van der Waals surface area contributed by atoms with E-state index in [-0.39, 0.29) is 0 Å². The average Bonchev–Trinajstić information content (AvgIpc) is 2.33. The van der Waals surface area contributed by atoms with Gasteiger partial charge in [-0.1, -0.05) is 0 Å². The molecule has 1 heterocycles. The minimum atomic E-state index is -0.941. The molecule has 1 N–H and O–H groups in total. The highest BCUT2D eigenvalue weighted by molar-refractivity contribution is 5.71. The van der Waals surface area contributed by atoms with Crippen molar-refractivity contribution in [2.75, 3.05) is 6.61 Å². The van der Waals surface area contributed by atoms with Crippen LogP contribution in [0.3, 0.4) is 0 Å². The highest BCUT2D eigenvalue weighted by Crippen LogP contribution is 2.19. The first-order valence-corrected chi connectivity index (χ1v) is 2.99. The summed E-state index contributed by atoms with van der Waals surface area (Å²) in [6.45, 7) is 0.384. The molecule has 0 aromatic heterocycles. The largest absolute Gasteiger partial charge is 0.481 e. The molecule has 1 fully saturated rings. The molecule has 54 valence electrons. The summed E-state index contributed by atoms with van der Waals surface area (Å²) in [5.74, 6) is -1.56. The molecule has 0 aromatic rings. The lowest BCUT2D eigenvalue weighted by Crippen LogP contribution is -2.21. The van der Waals surface area contributed by atoms with Crippen molar-refractivity contribution in [3.05, 3.63) is 0 Å². The molecule has 1 aliphatic heterocycles. The minimum absolute atomic E-state index is 0.384. The van der Waals surface area contributed by atoms with E-state index in [4.69, 9.17) is 15.1 Å². The second-order valence-electron chi connectivity index (χ2n) is 2.15. The first-order chi connectivity index (χ1) is 4.75. The van der Waals surface area contributed by atoms with E-state index in [1.165, 1.54) is 0 Å². The number of ether oxygens (including phenoxy) is 1. The highest BCUT2D eigenvalue weighted by Gasteiger charge is 2.33. The maximum absolute atomic E-state index is 10.3. The lowest BCUT2D eigenvalue weighted by atomic mass is 10.0. The van der Waals surface area contributed by atoms with Gasteiger partial charge in [-0.25, -0.2) is 0 Å².